The molecule has 5 nitrogen and oxygen atoms in total. The maximum atomic E-state index is 11.5. The molecule has 0 atom stereocenters. The first kappa shape index (κ1) is 12.9. The summed E-state index contributed by atoms with van der Waals surface area (Å²) in [6.07, 6.45) is 2.80. The number of nitrogens with one attached hydrogen (secondary N) is 1. The summed E-state index contributed by atoms with van der Waals surface area (Å²) in [4.78, 5) is 15.5. The Morgan fingerprint density at radius 1 is 1.56 bits per heavy atom. The number of ether oxygens (including phenoxy) is 1. The number of carbonyl (C=O) groups is 1. The molecule has 0 aliphatic heterocycles. The average Bonchev–Trinajstić information content (AvgIpc) is 2.06. The van der Waals surface area contributed by atoms with Crippen molar-refractivity contribution in [1.82, 2.24) is 4.98 Å². The number of hydrogen-bond donors (Lipinski definition) is 1. The van der Waals surface area contributed by atoms with E-state index in [1.807, 2.05) is 20.8 Å². The number of carbonyl (C=O) groups excluding carboxylic acids is 1. The maximum absolute atomic E-state index is 11.5. The van der Waals surface area contributed by atoms with E-state index in [4.69, 9.17) is 4.74 Å². The third-order valence-corrected chi connectivity index (χ3v) is 2.03. The molecule has 0 aromatic carbocycles. The molecule has 0 aliphatic carbocycles. The molecule has 0 spiro atoms. The maximum Gasteiger partial charge on any atom is 0.505 e. The van der Waals surface area contributed by atoms with Crippen LogP contribution in [0.1, 0.15) is 20.8 Å². The highest BCUT2D eigenvalue weighted by Gasteiger charge is 2.21. The molecule has 0 aliphatic rings. The highest BCUT2D eigenvalue weighted by atomic mass is 79.9. The van der Waals surface area contributed by atoms with E-state index in [9.17, 15) is 4.79 Å². The van der Waals surface area contributed by atoms with Crippen molar-refractivity contribution >= 4 is 27.8 Å². The van der Waals surface area contributed by atoms with Crippen LogP contribution in [0.5, 0.6) is 0 Å². The second-order valence-corrected chi connectivity index (χ2v) is 5.15. The molecule has 0 saturated heterocycles. The van der Waals surface area contributed by atoms with Crippen LogP contribution < -0.4 is 9.88 Å². The number of anilines is 1. The number of hydrogen-bond acceptors (Lipinski definition) is 3. The van der Waals surface area contributed by atoms with Gasteiger partial charge in [-0.25, -0.2) is 9.55 Å². The van der Waals surface area contributed by atoms with Gasteiger partial charge < -0.3 is 4.74 Å². The van der Waals surface area contributed by atoms with Crippen LogP contribution in [0, 0.1) is 0 Å². The Labute approximate surface area is 103 Å². The Balaban J connectivity index is 2.70. The zero-order valence-electron chi connectivity index (χ0n) is 9.74. The summed E-state index contributed by atoms with van der Waals surface area (Å²) in [5, 5.41) is 2.61. The van der Waals surface area contributed by atoms with Gasteiger partial charge in [-0.05, 0) is 36.7 Å². The van der Waals surface area contributed by atoms with Gasteiger partial charge >= 0.3 is 11.9 Å². The van der Waals surface area contributed by atoms with Crippen molar-refractivity contribution < 1.29 is 14.1 Å². The van der Waals surface area contributed by atoms with Crippen LogP contribution in [-0.4, -0.2) is 16.7 Å². The fourth-order valence-electron chi connectivity index (χ4n) is 1.01. The summed E-state index contributed by atoms with van der Waals surface area (Å²) in [5.41, 5.74) is -0.508. The molecule has 0 bridgehead atoms. The Bertz CT molecular complexity index is 402. The van der Waals surface area contributed by atoms with Crippen LogP contribution in [0.3, 0.4) is 0 Å². The van der Waals surface area contributed by atoms with Gasteiger partial charge in [0, 0.05) is 0 Å². The first-order valence-corrected chi connectivity index (χ1v) is 5.58. The van der Waals surface area contributed by atoms with E-state index in [1.165, 1.54) is 0 Å². The van der Waals surface area contributed by atoms with Crippen molar-refractivity contribution in [3.05, 3.63) is 17.0 Å². The molecule has 1 aromatic heterocycles. The zero-order chi connectivity index (χ0) is 12.3. The molecule has 1 N–H and O–H groups in total. The molecule has 0 unspecified atom stereocenters. The third-order valence-electron chi connectivity index (χ3n) is 1.62. The lowest BCUT2D eigenvalue weighted by molar-refractivity contribution is -0.658. The number of aryl methyl sites for hydroxylation is 1. The van der Waals surface area contributed by atoms with Gasteiger partial charge in [-0.2, -0.15) is 10.1 Å². The minimum Gasteiger partial charge on any atom is -0.426 e. The number of amides is 1. The summed E-state index contributed by atoms with van der Waals surface area (Å²) in [6.45, 7) is 5.44. The fraction of sp³-hybridized carbons (Fsp3) is 0.500. The van der Waals surface area contributed by atoms with Crippen molar-refractivity contribution in [3.8, 4) is 0 Å². The van der Waals surface area contributed by atoms with E-state index >= 15 is 0 Å². The molecule has 1 amide bonds. The highest BCUT2D eigenvalue weighted by molar-refractivity contribution is 9.10. The quantitative estimate of drug-likeness (QED) is 0.805. The highest BCUT2D eigenvalue weighted by Crippen LogP contribution is 2.09. The van der Waals surface area contributed by atoms with Gasteiger partial charge in [-0.3, -0.25) is 0 Å². The second-order valence-electron chi connectivity index (χ2n) is 4.33. The predicted molar refractivity (Wildman–Crippen MR) is 63.0 cm³/mol. The average molecular weight is 289 g/mol. The topological polar surface area (TPSA) is 55.1 Å². The largest absolute Gasteiger partial charge is 0.505 e. The number of halogens is 1. The third kappa shape index (κ3) is 4.14. The molecule has 0 radical (unpaired) electrons. The Kier molecular flexibility index (Phi) is 3.85. The first-order valence-electron chi connectivity index (χ1n) is 4.79. The Morgan fingerprint density at radius 3 is 2.69 bits per heavy atom. The van der Waals surface area contributed by atoms with E-state index in [0.717, 1.165) is 0 Å². The SMILES string of the molecule is C[n+]1cc(Br)ncc1NC(=O)OC(C)(C)C. The van der Waals surface area contributed by atoms with E-state index in [2.05, 4.69) is 26.2 Å². The van der Waals surface area contributed by atoms with Crippen LogP contribution in [0.2, 0.25) is 0 Å². The van der Waals surface area contributed by atoms with Gasteiger partial charge in [-0.15, -0.1) is 0 Å². The first-order chi connectivity index (χ1) is 7.28. The summed E-state index contributed by atoms with van der Waals surface area (Å²) in [5.74, 6) is 0.567. The second kappa shape index (κ2) is 4.78. The predicted octanol–water partition coefficient (Wildman–Crippen LogP) is 2.02. The van der Waals surface area contributed by atoms with Gasteiger partial charge in [0.15, 0.2) is 0 Å². The Morgan fingerprint density at radius 2 is 2.19 bits per heavy atom. The van der Waals surface area contributed by atoms with E-state index < -0.39 is 11.7 Å². The van der Waals surface area contributed by atoms with Gasteiger partial charge in [0.1, 0.15) is 22.6 Å². The van der Waals surface area contributed by atoms with E-state index in [1.54, 1.807) is 24.0 Å². The van der Waals surface area contributed by atoms with Crippen molar-refractivity contribution in [2.45, 2.75) is 26.4 Å². The standard InChI is InChI=1S/C10H14BrN3O2/c1-10(2,3)16-9(15)13-8-5-12-7(11)6-14(8)4/h5-6H,1-4H3/p+1. The lowest BCUT2D eigenvalue weighted by Crippen LogP contribution is -2.36. The molecule has 88 valence electrons. The van der Waals surface area contributed by atoms with Crippen molar-refractivity contribution in [2.75, 3.05) is 5.32 Å². The summed E-state index contributed by atoms with van der Waals surface area (Å²) in [6, 6.07) is 0. The van der Waals surface area contributed by atoms with Crippen LogP contribution in [0.25, 0.3) is 0 Å². The smallest absolute Gasteiger partial charge is 0.426 e. The lowest BCUT2D eigenvalue weighted by atomic mass is 10.2. The number of rotatable bonds is 1. The molecule has 16 heavy (non-hydrogen) atoms. The molecule has 0 saturated carbocycles. The van der Waals surface area contributed by atoms with Crippen molar-refractivity contribution in [1.29, 1.82) is 0 Å². The molecule has 1 heterocycles. The summed E-state index contributed by atoms with van der Waals surface area (Å²) < 4.78 is 7.56. The number of nitrogens with zero attached hydrogens (tertiary/aromatic N) is 2. The molecule has 0 fully saturated rings. The molecular formula is C10H15BrN3O2+. The van der Waals surface area contributed by atoms with Crippen molar-refractivity contribution in [2.24, 2.45) is 7.05 Å². The minimum absolute atomic E-state index is 0.493. The Hall–Kier alpha value is -1.17. The number of aromatic nitrogens is 2. The van der Waals surface area contributed by atoms with Gasteiger partial charge in [0.2, 0.25) is 0 Å². The zero-order valence-corrected chi connectivity index (χ0v) is 11.3. The van der Waals surface area contributed by atoms with E-state index in [0.29, 0.717) is 10.4 Å². The van der Waals surface area contributed by atoms with Gasteiger partial charge in [0.25, 0.3) is 0 Å². The lowest BCUT2D eigenvalue weighted by Gasteiger charge is -2.17. The molecule has 1 aromatic rings. The normalized spacial score (nSPS) is 11.1. The molecule has 6 heteroatoms. The summed E-state index contributed by atoms with van der Waals surface area (Å²) in [7, 11) is 1.80. The van der Waals surface area contributed by atoms with Crippen LogP contribution >= 0.6 is 15.9 Å². The minimum atomic E-state index is -0.508. The monoisotopic (exact) mass is 288 g/mol. The van der Waals surface area contributed by atoms with Crippen LogP contribution in [0.4, 0.5) is 10.6 Å². The van der Waals surface area contributed by atoms with Gasteiger partial charge in [-0.1, -0.05) is 0 Å². The van der Waals surface area contributed by atoms with Crippen LogP contribution in [0.15, 0.2) is 17.0 Å². The molecular weight excluding hydrogens is 274 g/mol. The fourth-order valence-corrected chi connectivity index (χ4v) is 1.41. The summed E-state index contributed by atoms with van der Waals surface area (Å²) >= 11 is 3.24. The van der Waals surface area contributed by atoms with Crippen molar-refractivity contribution in [3.63, 3.8) is 0 Å². The molecule has 1 rings (SSSR count). The van der Waals surface area contributed by atoms with Crippen LogP contribution in [-0.2, 0) is 11.8 Å². The van der Waals surface area contributed by atoms with Gasteiger partial charge in [0.05, 0.1) is 7.05 Å². The van der Waals surface area contributed by atoms with E-state index in [-0.39, 0.29) is 0 Å².